The van der Waals surface area contributed by atoms with Gasteiger partial charge in [-0.1, -0.05) is 41.9 Å². The van der Waals surface area contributed by atoms with Gasteiger partial charge in [-0.25, -0.2) is 4.79 Å². The monoisotopic (exact) mass is 436 g/mol. The lowest BCUT2D eigenvalue weighted by Gasteiger charge is -2.12. The molecule has 2 aromatic carbocycles. The molecule has 0 amide bonds. The molecule has 0 N–H and O–H groups in total. The number of rotatable bonds is 5. The SMILES string of the molecule is CCOC(=O)COc1c(-c2ccccc2)oc2c(Br)cc(Cl)cc2c1=O. The molecule has 0 bridgehead atoms. The predicted octanol–water partition coefficient (Wildman–Crippen LogP) is 4.82. The molecule has 0 radical (unpaired) electrons. The first-order chi connectivity index (χ1) is 12.5. The predicted molar refractivity (Wildman–Crippen MR) is 103 cm³/mol. The zero-order chi connectivity index (χ0) is 18.7. The smallest absolute Gasteiger partial charge is 0.344 e. The van der Waals surface area contributed by atoms with Crippen molar-refractivity contribution in [2.75, 3.05) is 13.2 Å². The van der Waals surface area contributed by atoms with E-state index in [-0.39, 0.29) is 23.5 Å². The number of halogens is 2. The summed E-state index contributed by atoms with van der Waals surface area (Å²) < 4.78 is 16.8. The average molecular weight is 438 g/mol. The highest BCUT2D eigenvalue weighted by Gasteiger charge is 2.20. The first-order valence-electron chi connectivity index (χ1n) is 7.81. The summed E-state index contributed by atoms with van der Waals surface area (Å²) in [5.74, 6) is -0.403. The molecule has 5 nitrogen and oxygen atoms in total. The second-order valence-electron chi connectivity index (χ2n) is 5.31. The molecule has 3 aromatic rings. The molecular formula is C19H14BrClO5. The van der Waals surface area contributed by atoms with Crippen LogP contribution < -0.4 is 10.2 Å². The summed E-state index contributed by atoms with van der Waals surface area (Å²) in [7, 11) is 0. The van der Waals surface area contributed by atoms with E-state index in [0.717, 1.165) is 0 Å². The van der Waals surface area contributed by atoms with Crippen LogP contribution in [-0.2, 0) is 9.53 Å². The second kappa shape index (κ2) is 7.93. The molecule has 1 heterocycles. The highest BCUT2D eigenvalue weighted by Crippen LogP contribution is 2.35. The second-order valence-corrected chi connectivity index (χ2v) is 6.60. The van der Waals surface area contributed by atoms with E-state index in [9.17, 15) is 9.59 Å². The minimum absolute atomic E-state index is 0.0640. The lowest BCUT2D eigenvalue weighted by atomic mass is 10.1. The Kier molecular flexibility index (Phi) is 5.64. The van der Waals surface area contributed by atoms with E-state index in [1.807, 2.05) is 18.2 Å². The topological polar surface area (TPSA) is 65.7 Å². The fourth-order valence-corrected chi connectivity index (χ4v) is 3.34. The van der Waals surface area contributed by atoms with Crippen molar-refractivity contribution in [1.82, 2.24) is 0 Å². The van der Waals surface area contributed by atoms with Crippen LogP contribution in [0.5, 0.6) is 5.75 Å². The molecule has 0 atom stereocenters. The van der Waals surface area contributed by atoms with E-state index in [1.54, 1.807) is 25.1 Å². The van der Waals surface area contributed by atoms with E-state index in [2.05, 4.69) is 15.9 Å². The molecular weight excluding hydrogens is 424 g/mol. The largest absolute Gasteiger partial charge is 0.474 e. The number of hydrogen-bond donors (Lipinski definition) is 0. The number of fused-ring (bicyclic) bond motifs is 1. The van der Waals surface area contributed by atoms with Crippen LogP contribution in [0.25, 0.3) is 22.3 Å². The molecule has 0 saturated carbocycles. The molecule has 7 heteroatoms. The maximum Gasteiger partial charge on any atom is 0.344 e. The zero-order valence-electron chi connectivity index (χ0n) is 13.8. The summed E-state index contributed by atoms with van der Waals surface area (Å²) in [4.78, 5) is 24.6. The zero-order valence-corrected chi connectivity index (χ0v) is 16.1. The summed E-state index contributed by atoms with van der Waals surface area (Å²) in [5.41, 5.74) is 0.576. The van der Waals surface area contributed by atoms with Crippen LogP contribution in [0.3, 0.4) is 0 Å². The summed E-state index contributed by atoms with van der Waals surface area (Å²) >= 11 is 9.41. The van der Waals surface area contributed by atoms with E-state index in [4.69, 9.17) is 25.5 Å². The Morgan fingerprint density at radius 2 is 1.96 bits per heavy atom. The van der Waals surface area contributed by atoms with Gasteiger partial charge in [0.2, 0.25) is 11.2 Å². The van der Waals surface area contributed by atoms with Crippen LogP contribution in [0.15, 0.2) is 56.1 Å². The Morgan fingerprint density at radius 3 is 2.65 bits per heavy atom. The van der Waals surface area contributed by atoms with Gasteiger partial charge in [0.1, 0.15) is 0 Å². The van der Waals surface area contributed by atoms with Gasteiger partial charge in [0.25, 0.3) is 0 Å². The molecule has 0 unspecified atom stereocenters. The van der Waals surface area contributed by atoms with Crippen molar-refractivity contribution in [3.05, 3.63) is 62.2 Å². The van der Waals surface area contributed by atoms with Crippen LogP contribution in [0.1, 0.15) is 6.92 Å². The molecule has 134 valence electrons. The van der Waals surface area contributed by atoms with Crippen molar-refractivity contribution < 1.29 is 18.7 Å². The number of esters is 1. The number of carbonyl (C=O) groups is 1. The summed E-state index contributed by atoms with van der Waals surface area (Å²) in [6, 6.07) is 12.2. The minimum atomic E-state index is -0.571. The highest BCUT2D eigenvalue weighted by atomic mass is 79.9. The normalized spacial score (nSPS) is 10.7. The maximum atomic E-state index is 13.0. The summed E-state index contributed by atoms with van der Waals surface area (Å²) in [5, 5.41) is 0.628. The molecule has 0 saturated heterocycles. The van der Waals surface area contributed by atoms with E-state index < -0.39 is 18.0 Å². The number of carbonyl (C=O) groups excluding carboxylic acids is 1. The standard InChI is InChI=1S/C19H14BrClO5/c1-2-24-15(22)10-25-19-16(23)13-8-12(21)9-14(20)18(13)26-17(19)11-6-4-3-5-7-11/h3-9H,2,10H2,1H3. The Morgan fingerprint density at radius 1 is 1.23 bits per heavy atom. The quantitative estimate of drug-likeness (QED) is 0.536. The van der Waals surface area contributed by atoms with Gasteiger partial charge in [-0.3, -0.25) is 4.79 Å². The van der Waals surface area contributed by atoms with Crippen LogP contribution in [0.2, 0.25) is 5.02 Å². The van der Waals surface area contributed by atoms with Gasteiger partial charge < -0.3 is 13.9 Å². The first-order valence-corrected chi connectivity index (χ1v) is 8.98. The lowest BCUT2D eigenvalue weighted by molar-refractivity contribution is -0.145. The van der Waals surface area contributed by atoms with Crippen LogP contribution in [0.4, 0.5) is 0 Å². The van der Waals surface area contributed by atoms with Gasteiger partial charge in [0.15, 0.2) is 18.0 Å². The van der Waals surface area contributed by atoms with E-state index in [0.29, 0.717) is 20.6 Å². The molecule has 3 rings (SSSR count). The fourth-order valence-electron chi connectivity index (χ4n) is 2.45. The fraction of sp³-hybridized carbons (Fsp3) is 0.158. The number of hydrogen-bond acceptors (Lipinski definition) is 5. The molecule has 0 aliphatic carbocycles. The Hall–Kier alpha value is -2.31. The number of ether oxygens (including phenoxy) is 2. The Labute approximate surface area is 162 Å². The van der Waals surface area contributed by atoms with Crippen LogP contribution in [-0.4, -0.2) is 19.2 Å². The maximum absolute atomic E-state index is 13.0. The number of benzene rings is 2. The van der Waals surface area contributed by atoms with Crippen molar-refractivity contribution in [2.45, 2.75) is 6.92 Å². The van der Waals surface area contributed by atoms with Crippen LogP contribution >= 0.6 is 27.5 Å². The van der Waals surface area contributed by atoms with Crippen LogP contribution in [0, 0.1) is 0 Å². The molecule has 0 fully saturated rings. The van der Waals surface area contributed by atoms with E-state index >= 15 is 0 Å². The van der Waals surface area contributed by atoms with Gasteiger partial charge in [-0.05, 0) is 35.0 Å². The minimum Gasteiger partial charge on any atom is -0.474 e. The van der Waals surface area contributed by atoms with Crippen molar-refractivity contribution >= 4 is 44.5 Å². The van der Waals surface area contributed by atoms with Crippen molar-refractivity contribution in [3.8, 4) is 17.1 Å². The Bertz CT molecular complexity index is 1010. The van der Waals surface area contributed by atoms with Gasteiger partial charge in [-0.15, -0.1) is 0 Å². The Balaban J connectivity index is 2.20. The molecule has 0 aliphatic heterocycles. The third kappa shape index (κ3) is 3.76. The average Bonchev–Trinajstić information content (AvgIpc) is 2.62. The van der Waals surface area contributed by atoms with E-state index in [1.165, 1.54) is 6.07 Å². The first kappa shape index (κ1) is 18.5. The van der Waals surface area contributed by atoms with Gasteiger partial charge in [0.05, 0.1) is 16.5 Å². The van der Waals surface area contributed by atoms with Gasteiger partial charge >= 0.3 is 5.97 Å². The molecule has 0 spiro atoms. The lowest BCUT2D eigenvalue weighted by Crippen LogP contribution is -2.18. The van der Waals surface area contributed by atoms with Crippen molar-refractivity contribution in [1.29, 1.82) is 0 Å². The highest BCUT2D eigenvalue weighted by molar-refractivity contribution is 9.10. The third-order valence-electron chi connectivity index (χ3n) is 3.55. The third-order valence-corrected chi connectivity index (χ3v) is 4.35. The molecule has 0 aliphatic rings. The van der Waals surface area contributed by atoms with Gasteiger partial charge in [-0.2, -0.15) is 0 Å². The van der Waals surface area contributed by atoms with Gasteiger partial charge in [0, 0.05) is 10.6 Å². The summed E-state index contributed by atoms with van der Waals surface area (Å²) in [6.07, 6.45) is 0. The van der Waals surface area contributed by atoms with Crippen molar-refractivity contribution in [2.24, 2.45) is 0 Å². The molecule has 1 aromatic heterocycles. The molecule has 26 heavy (non-hydrogen) atoms. The summed E-state index contributed by atoms with van der Waals surface area (Å²) in [6.45, 7) is 1.52. The van der Waals surface area contributed by atoms with Crippen molar-refractivity contribution in [3.63, 3.8) is 0 Å².